The number of aromatic nitrogens is 1. The quantitative estimate of drug-likeness (QED) is 0.516. The van der Waals surface area contributed by atoms with Crippen LogP contribution in [0.2, 0.25) is 15.1 Å². The lowest BCUT2D eigenvalue weighted by molar-refractivity contribution is 0.0954. The summed E-state index contributed by atoms with van der Waals surface area (Å²) in [6, 6.07) is 6.61. The molecular weight excluding hydrogens is 333 g/mol. The molecule has 21 heavy (non-hydrogen) atoms. The van der Waals surface area contributed by atoms with Crippen LogP contribution in [0.1, 0.15) is 22.8 Å². The van der Waals surface area contributed by atoms with Crippen LogP contribution in [0, 0.1) is 0 Å². The predicted octanol–water partition coefficient (Wildman–Crippen LogP) is 4.20. The van der Waals surface area contributed by atoms with E-state index >= 15 is 0 Å². The third kappa shape index (κ3) is 3.73. The Morgan fingerprint density at radius 2 is 1.95 bits per heavy atom. The standard InChI is InChI=1S/C14H10Cl3N3O/c1-8(10-4-5-11(15)13(17)12(10)16)19-20-14(21)9-3-2-6-18-7-9/h2-7H,1H3,(H,20,21)/b19-8+. The third-order valence-electron chi connectivity index (χ3n) is 2.67. The van der Waals surface area contributed by atoms with E-state index in [2.05, 4.69) is 15.5 Å². The van der Waals surface area contributed by atoms with E-state index in [4.69, 9.17) is 34.8 Å². The zero-order valence-electron chi connectivity index (χ0n) is 10.9. The summed E-state index contributed by atoms with van der Waals surface area (Å²) in [6.07, 6.45) is 3.03. The van der Waals surface area contributed by atoms with Gasteiger partial charge in [0.15, 0.2) is 0 Å². The largest absolute Gasteiger partial charge is 0.272 e. The monoisotopic (exact) mass is 341 g/mol. The molecule has 7 heteroatoms. The number of nitrogens with one attached hydrogen (secondary N) is 1. The summed E-state index contributed by atoms with van der Waals surface area (Å²) in [5.74, 6) is -0.362. The molecule has 4 nitrogen and oxygen atoms in total. The van der Waals surface area contributed by atoms with E-state index in [1.807, 2.05) is 0 Å². The average molecular weight is 343 g/mol. The molecule has 2 aromatic rings. The number of amides is 1. The third-order valence-corrected chi connectivity index (χ3v) is 3.97. The summed E-state index contributed by atoms with van der Waals surface area (Å²) < 4.78 is 0. The first kappa shape index (κ1) is 15.8. The topological polar surface area (TPSA) is 54.4 Å². The Morgan fingerprint density at radius 1 is 1.19 bits per heavy atom. The van der Waals surface area contributed by atoms with Gasteiger partial charge in [-0.15, -0.1) is 0 Å². The highest BCUT2D eigenvalue weighted by Gasteiger charge is 2.11. The predicted molar refractivity (Wildman–Crippen MR) is 85.4 cm³/mol. The van der Waals surface area contributed by atoms with Gasteiger partial charge in [-0.05, 0) is 25.1 Å². The average Bonchev–Trinajstić information content (AvgIpc) is 2.51. The number of hydrogen-bond acceptors (Lipinski definition) is 3. The minimum atomic E-state index is -0.362. The fraction of sp³-hybridized carbons (Fsp3) is 0.0714. The zero-order chi connectivity index (χ0) is 15.4. The first-order chi connectivity index (χ1) is 10.0. The van der Waals surface area contributed by atoms with Crippen LogP contribution in [-0.4, -0.2) is 16.6 Å². The first-order valence-electron chi connectivity index (χ1n) is 5.89. The van der Waals surface area contributed by atoms with Crippen molar-refractivity contribution in [2.45, 2.75) is 6.92 Å². The van der Waals surface area contributed by atoms with E-state index in [0.29, 0.717) is 26.9 Å². The normalized spacial score (nSPS) is 11.3. The minimum absolute atomic E-state index is 0.254. The number of hydrogen-bond donors (Lipinski definition) is 1. The molecule has 1 N–H and O–H groups in total. The van der Waals surface area contributed by atoms with Crippen molar-refractivity contribution < 1.29 is 4.79 Å². The van der Waals surface area contributed by atoms with Gasteiger partial charge in [0.25, 0.3) is 5.91 Å². The van der Waals surface area contributed by atoms with Crippen molar-refractivity contribution >= 4 is 46.4 Å². The number of nitrogens with zero attached hydrogens (tertiary/aromatic N) is 2. The van der Waals surface area contributed by atoms with E-state index in [9.17, 15) is 4.79 Å². The van der Waals surface area contributed by atoms with Crippen LogP contribution in [0.5, 0.6) is 0 Å². The SMILES string of the molecule is C/C(=N\NC(=O)c1cccnc1)c1ccc(Cl)c(Cl)c1Cl. The summed E-state index contributed by atoms with van der Waals surface area (Å²) in [4.78, 5) is 15.7. The van der Waals surface area contributed by atoms with Crippen molar-refractivity contribution in [2.75, 3.05) is 0 Å². The second-order valence-corrected chi connectivity index (χ2v) is 5.27. The van der Waals surface area contributed by atoms with Crippen LogP contribution >= 0.6 is 34.8 Å². The molecule has 0 saturated carbocycles. The first-order valence-corrected chi connectivity index (χ1v) is 7.02. The molecule has 0 aliphatic rings. The minimum Gasteiger partial charge on any atom is -0.267 e. The number of pyridine rings is 1. The van der Waals surface area contributed by atoms with E-state index in [1.54, 1.807) is 37.4 Å². The van der Waals surface area contributed by atoms with Crippen LogP contribution in [0.4, 0.5) is 0 Å². The number of benzene rings is 1. The Bertz CT molecular complexity index is 702. The maximum atomic E-state index is 11.8. The summed E-state index contributed by atoms with van der Waals surface area (Å²) in [7, 11) is 0. The Balaban J connectivity index is 2.19. The zero-order valence-corrected chi connectivity index (χ0v) is 13.2. The van der Waals surface area contributed by atoms with Gasteiger partial charge in [-0.3, -0.25) is 9.78 Å². The number of rotatable bonds is 3. The molecule has 0 spiro atoms. The second kappa shape index (κ2) is 6.89. The number of carbonyl (C=O) groups is 1. The Kier molecular flexibility index (Phi) is 5.17. The summed E-state index contributed by atoms with van der Waals surface area (Å²) >= 11 is 17.9. The fourth-order valence-corrected chi connectivity index (χ4v) is 2.23. The van der Waals surface area contributed by atoms with Gasteiger partial charge in [-0.25, -0.2) is 5.43 Å². The van der Waals surface area contributed by atoms with Gasteiger partial charge < -0.3 is 0 Å². The maximum Gasteiger partial charge on any atom is 0.272 e. The van der Waals surface area contributed by atoms with Crippen molar-refractivity contribution in [3.63, 3.8) is 0 Å². The van der Waals surface area contributed by atoms with Crippen molar-refractivity contribution in [2.24, 2.45) is 5.10 Å². The van der Waals surface area contributed by atoms with E-state index < -0.39 is 0 Å². The van der Waals surface area contributed by atoms with E-state index in [0.717, 1.165) is 0 Å². The Morgan fingerprint density at radius 3 is 2.62 bits per heavy atom. The molecule has 108 valence electrons. The maximum absolute atomic E-state index is 11.8. The summed E-state index contributed by atoms with van der Waals surface area (Å²) in [6.45, 7) is 1.70. The van der Waals surface area contributed by atoms with Crippen molar-refractivity contribution in [1.82, 2.24) is 10.4 Å². The molecule has 0 fully saturated rings. The molecule has 1 amide bonds. The molecule has 0 aliphatic carbocycles. The van der Waals surface area contributed by atoms with Crippen LogP contribution in [0.25, 0.3) is 0 Å². The Hall–Kier alpha value is -1.62. The molecular formula is C14H10Cl3N3O. The number of hydrazone groups is 1. The van der Waals surface area contributed by atoms with Gasteiger partial charge in [0.2, 0.25) is 0 Å². The molecule has 0 aliphatic heterocycles. The molecule has 0 atom stereocenters. The molecule has 1 aromatic carbocycles. The van der Waals surface area contributed by atoms with Crippen LogP contribution in [0.15, 0.2) is 41.8 Å². The molecule has 1 heterocycles. The molecule has 1 aromatic heterocycles. The van der Waals surface area contributed by atoms with Gasteiger partial charge in [0.1, 0.15) is 0 Å². The Labute approximate surface area is 136 Å². The van der Waals surface area contributed by atoms with Gasteiger partial charge in [0.05, 0.1) is 26.3 Å². The highest BCUT2D eigenvalue weighted by atomic mass is 35.5. The fourth-order valence-electron chi connectivity index (χ4n) is 1.56. The number of halogens is 3. The molecule has 0 saturated heterocycles. The van der Waals surface area contributed by atoms with E-state index in [1.165, 1.54) is 6.20 Å². The molecule has 0 radical (unpaired) electrons. The molecule has 0 unspecified atom stereocenters. The van der Waals surface area contributed by atoms with Crippen molar-refractivity contribution in [1.29, 1.82) is 0 Å². The van der Waals surface area contributed by atoms with Gasteiger partial charge >= 0.3 is 0 Å². The van der Waals surface area contributed by atoms with Crippen molar-refractivity contribution in [3.8, 4) is 0 Å². The van der Waals surface area contributed by atoms with Gasteiger partial charge in [0, 0.05) is 18.0 Å². The highest BCUT2D eigenvalue weighted by Crippen LogP contribution is 2.32. The highest BCUT2D eigenvalue weighted by molar-refractivity contribution is 6.49. The summed E-state index contributed by atoms with van der Waals surface area (Å²) in [5, 5.41) is 4.91. The van der Waals surface area contributed by atoms with Crippen LogP contribution < -0.4 is 5.43 Å². The van der Waals surface area contributed by atoms with Crippen LogP contribution in [-0.2, 0) is 0 Å². The smallest absolute Gasteiger partial charge is 0.267 e. The lowest BCUT2D eigenvalue weighted by atomic mass is 10.1. The molecule has 0 bridgehead atoms. The lowest BCUT2D eigenvalue weighted by Gasteiger charge is -2.07. The molecule has 2 rings (SSSR count). The van der Waals surface area contributed by atoms with Gasteiger partial charge in [-0.1, -0.05) is 40.9 Å². The number of carbonyl (C=O) groups excluding carboxylic acids is 1. The van der Waals surface area contributed by atoms with Crippen molar-refractivity contribution in [3.05, 3.63) is 62.9 Å². The van der Waals surface area contributed by atoms with E-state index in [-0.39, 0.29) is 10.9 Å². The summed E-state index contributed by atoms with van der Waals surface area (Å²) in [5.41, 5.74) is 3.95. The van der Waals surface area contributed by atoms with Gasteiger partial charge in [-0.2, -0.15) is 5.10 Å². The lowest BCUT2D eigenvalue weighted by Crippen LogP contribution is -2.19. The second-order valence-electron chi connectivity index (χ2n) is 4.10. The van der Waals surface area contributed by atoms with Crippen LogP contribution in [0.3, 0.4) is 0 Å².